The van der Waals surface area contributed by atoms with Crippen LogP contribution in [-0.4, -0.2) is 19.0 Å². The maximum absolute atomic E-state index is 13.5. The Labute approximate surface area is 122 Å². The molecule has 0 spiro atoms. The Morgan fingerprint density at radius 1 is 1.05 bits per heavy atom. The minimum atomic E-state index is -0.271. The molecule has 0 bridgehead atoms. The second-order valence-corrected chi connectivity index (χ2v) is 4.87. The van der Waals surface area contributed by atoms with E-state index < -0.39 is 0 Å². The molecule has 1 aliphatic heterocycles. The lowest BCUT2D eigenvalue weighted by molar-refractivity contribution is 0.0981. The van der Waals surface area contributed by atoms with Crippen molar-refractivity contribution < 1.29 is 18.7 Å². The third-order valence-electron chi connectivity index (χ3n) is 3.44. The van der Waals surface area contributed by atoms with Crippen molar-refractivity contribution in [1.29, 1.82) is 0 Å². The minimum absolute atomic E-state index is 0.0322. The van der Waals surface area contributed by atoms with E-state index >= 15 is 0 Å². The first-order valence-electron chi connectivity index (χ1n) is 6.90. The second-order valence-electron chi connectivity index (χ2n) is 4.87. The summed E-state index contributed by atoms with van der Waals surface area (Å²) in [7, 11) is 0. The molecule has 0 radical (unpaired) electrons. The molecule has 3 nitrogen and oxygen atoms in total. The van der Waals surface area contributed by atoms with E-state index in [0.717, 1.165) is 0 Å². The van der Waals surface area contributed by atoms with E-state index in [1.807, 2.05) is 0 Å². The van der Waals surface area contributed by atoms with Crippen LogP contribution in [0.15, 0.2) is 42.5 Å². The fraction of sp³-hybridized carbons (Fsp3) is 0.235. The van der Waals surface area contributed by atoms with Crippen molar-refractivity contribution >= 4 is 5.78 Å². The number of carbonyl (C=O) groups is 1. The van der Waals surface area contributed by atoms with Crippen molar-refractivity contribution in [3.8, 4) is 11.5 Å². The second kappa shape index (κ2) is 5.95. The number of carbonyl (C=O) groups excluding carboxylic acids is 1. The van der Waals surface area contributed by atoms with Crippen LogP contribution >= 0.6 is 0 Å². The van der Waals surface area contributed by atoms with Gasteiger partial charge in [0.15, 0.2) is 17.3 Å². The van der Waals surface area contributed by atoms with Gasteiger partial charge in [0.1, 0.15) is 19.0 Å². The van der Waals surface area contributed by atoms with E-state index in [9.17, 15) is 9.18 Å². The van der Waals surface area contributed by atoms with Gasteiger partial charge in [-0.25, -0.2) is 4.39 Å². The van der Waals surface area contributed by atoms with Gasteiger partial charge in [0.25, 0.3) is 0 Å². The van der Waals surface area contributed by atoms with Gasteiger partial charge < -0.3 is 9.47 Å². The van der Waals surface area contributed by atoms with Crippen molar-refractivity contribution in [2.24, 2.45) is 0 Å². The normalized spacial score (nSPS) is 13.0. The molecule has 2 aromatic carbocycles. The number of ketones is 1. The zero-order chi connectivity index (χ0) is 14.7. The van der Waals surface area contributed by atoms with Crippen molar-refractivity contribution in [3.63, 3.8) is 0 Å². The number of ether oxygens (including phenoxy) is 2. The largest absolute Gasteiger partial charge is 0.486 e. The number of aryl methyl sites for hydroxylation is 1. The van der Waals surface area contributed by atoms with Crippen LogP contribution in [0.3, 0.4) is 0 Å². The maximum atomic E-state index is 13.5. The summed E-state index contributed by atoms with van der Waals surface area (Å²) in [4.78, 5) is 12.2. The van der Waals surface area contributed by atoms with Gasteiger partial charge in [0, 0.05) is 12.0 Å². The number of hydrogen-bond donors (Lipinski definition) is 0. The highest BCUT2D eigenvalue weighted by Crippen LogP contribution is 2.31. The Balaban J connectivity index is 1.69. The average Bonchev–Trinajstić information content (AvgIpc) is 2.53. The maximum Gasteiger partial charge on any atom is 0.163 e. The molecule has 0 fully saturated rings. The molecule has 0 unspecified atom stereocenters. The lowest BCUT2D eigenvalue weighted by atomic mass is 10.0. The van der Waals surface area contributed by atoms with Crippen LogP contribution in [0.1, 0.15) is 22.3 Å². The standard InChI is InChI=1S/C17H15FO3/c18-14-4-2-1-3-12(14)5-7-15(19)13-6-8-16-17(11-13)21-10-9-20-16/h1-4,6,8,11H,5,7,9-10H2. The SMILES string of the molecule is O=C(CCc1ccccc1F)c1ccc2c(c1)OCCO2. The van der Waals surface area contributed by atoms with Gasteiger partial charge in [0.05, 0.1) is 0 Å². The van der Waals surface area contributed by atoms with Gasteiger partial charge >= 0.3 is 0 Å². The topological polar surface area (TPSA) is 35.5 Å². The van der Waals surface area contributed by atoms with Gasteiger partial charge in [0.2, 0.25) is 0 Å². The highest BCUT2D eigenvalue weighted by atomic mass is 19.1. The molecule has 0 amide bonds. The molecule has 0 aromatic heterocycles. The number of fused-ring (bicyclic) bond motifs is 1. The zero-order valence-corrected chi connectivity index (χ0v) is 11.5. The summed E-state index contributed by atoms with van der Waals surface area (Å²) in [6.45, 7) is 1.01. The molecule has 3 rings (SSSR count). The molecule has 0 N–H and O–H groups in total. The van der Waals surface area contributed by atoms with Gasteiger partial charge in [-0.3, -0.25) is 4.79 Å². The molecule has 2 aromatic rings. The highest BCUT2D eigenvalue weighted by Gasteiger charge is 2.15. The Morgan fingerprint density at radius 2 is 1.81 bits per heavy atom. The van der Waals surface area contributed by atoms with E-state index in [1.54, 1.807) is 36.4 Å². The van der Waals surface area contributed by atoms with Crippen LogP contribution in [0, 0.1) is 5.82 Å². The van der Waals surface area contributed by atoms with Crippen LogP contribution in [0.4, 0.5) is 4.39 Å². The first-order valence-corrected chi connectivity index (χ1v) is 6.90. The summed E-state index contributed by atoms with van der Waals surface area (Å²) < 4.78 is 24.4. The molecule has 0 atom stereocenters. The molecule has 0 saturated heterocycles. The average molecular weight is 286 g/mol. The van der Waals surface area contributed by atoms with E-state index in [2.05, 4.69) is 0 Å². The fourth-order valence-corrected chi connectivity index (χ4v) is 2.31. The summed E-state index contributed by atoms with van der Waals surface area (Å²) in [5.74, 6) is 0.951. The summed E-state index contributed by atoms with van der Waals surface area (Å²) in [5, 5.41) is 0. The molecule has 0 saturated carbocycles. The smallest absolute Gasteiger partial charge is 0.163 e. The van der Waals surface area contributed by atoms with Crippen LogP contribution in [0.25, 0.3) is 0 Å². The van der Waals surface area contributed by atoms with Crippen LogP contribution in [0.5, 0.6) is 11.5 Å². The number of halogens is 1. The Kier molecular flexibility index (Phi) is 3.86. The van der Waals surface area contributed by atoms with Crippen molar-refractivity contribution in [2.45, 2.75) is 12.8 Å². The summed E-state index contributed by atoms with van der Waals surface area (Å²) >= 11 is 0. The number of Topliss-reactive ketones (excluding diaryl/α,β-unsaturated/α-hetero) is 1. The monoisotopic (exact) mass is 286 g/mol. The molecule has 1 aliphatic rings. The van der Waals surface area contributed by atoms with Crippen molar-refractivity contribution in [3.05, 3.63) is 59.4 Å². The van der Waals surface area contributed by atoms with Crippen LogP contribution < -0.4 is 9.47 Å². The first-order chi connectivity index (χ1) is 10.2. The predicted molar refractivity (Wildman–Crippen MR) is 76.5 cm³/mol. The van der Waals surface area contributed by atoms with Crippen LogP contribution in [-0.2, 0) is 6.42 Å². The molecule has 21 heavy (non-hydrogen) atoms. The van der Waals surface area contributed by atoms with E-state index in [1.165, 1.54) is 6.07 Å². The molecule has 1 heterocycles. The van der Waals surface area contributed by atoms with Gasteiger partial charge in [-0.2, -0.15) is 0 Å². The third kappa shape index (κ3) is 3.05. The summed E-state index contributed by atoms with van der Waals surface area (Å²) in [6, 6.07) is 11.7. The predicted octanol–water partition coefficient (Wildman–Crippen LogP) is 3.41. The van der Waals surface area contributed by atoms with E-state index in [4.69, 9.17) is 9.47 Å². The summed E-state index contributed by atoms with van der Waals surface area (Å²) in [5.41, 5.74) is 1.12. The molecule has 0 aliphatic carbocycles. The number of rotatable bonds is 4. The lowest BCUT2D eigenvalue weighted by Gasteiger charge is -2.18. The Hall–Kier alpha value is -2.36. The van der Waals surface area contributed by atoms with Crippen molar-refractivity contribution in [1.82, 2.24) is 0 Å². The minimum Gasteiger partial charge on any atom is -0.486 e. The quantitative estimate of drug-likeness (QED) is 0.808. The summed E-state index contributed by atoms with van der Waals surface area (Å²) in [6.07, 6.45) is 0.653. The number of benzene rings is 2. The lowest BCUT2D eigenvalue weighted by Crippen LogP contribution is -2.15. The van der Waals surface area contributed by atoms with Gasteiger partial charge in [-0.1, -0.05) is 18.2 Å². The molecular formula is C17H15FO3. The Morgan fingerprint density at radius 3 is 2.62 bits per heavy atom. The van der Waals surface area contributed by atoms with Crippen molar-refractivity contribution in [2.75, 3.05) is 13.2 Å². The van der Waals surface area contributed by atoms with E-state index in [-0.39, 0.29) is 18.0 Å². The Bertz CT molecular complexity index is 667. The molecule has 108 valence electrons. The number of hydrogen-bond acceptors (Lipinski definition) is 3. The van der Waals surface area contributed by atoms with Gasteiger partial charge in [-0.15, -0.1) is 0 Å². The fourth-order valence-electron chi connectivity index (χ4n) is 2.31. The van der Waals surface area contributed by atoms with E-state index in [0.29, 0.717) is 42.3 Å². The first kappa shape index (κ1) is 13.6. The molecule has 4 heteroatoms. The third-order valence-corrected chi connectivity index (χ3v) is 3.44. The zero-order valence-electron chi connectivity index (χ0n) is 11.5. The highest BCUT2D eigenvalue weighted by molar-refractivity contribution is 5.96. The van der Waals surface area contributed by atoms with Crippen LogP contribution in [0.2, 0.25) is 0 Å². The molecular weight excluding hydrogens is 271 g/mol. The van der Waals surface area contributed by atoms with Gasteiger partial charge in [-0.05, 0) is 36.2 Å².